The van der Waals surface area contributed by atoms with E-state index >= 15 is 0 Å². The van der Waals surface area contributed by atoms with Crippen LogP contribution in [0.25, 0.3) is 0 Å². The molecular weight excluding hydrogens is 272 g/mol. The van der Waals surface area contributed by atoms with Crippen LogP contribution in [0.4, 0.5) is 0 Å². The topological polar surface area (TPSA) is 49.4 Å². The molecule has 0 atom stereocenters. The number of nitrogens with zero attached hydrogens (tertiary/aromatic N) is 1. The molecule has 1 fully saturated rings. The number of rotatable bonds is 8. The Morgan fingerprint density at radius 2 is 1.95 bits per heavy atom. The zero-order chi connectivity index (χ0) is 14.6. The van der Waals surface area contributed by atoms with E-state index in [9.17, 15) is 8.42 Å². The number of hydrogen-bond donors (Lipinski definition) is 1. The van der Waals surface area contributed by atoms with Crippen molar-refractivity contribution in [2.75, 3.05) is 13.1 Å². The van der Waals surface area contributed by atoms with Crippen molar-refractivity contribution in [2.45, 2.75) is 50.6 Å². The first kappa shape index (κ1) is 15.5. The second-order valence-corrected chi connectivity index (χ2v) is 7.09. The standard InChI is InChI=1S/C15H24N2O2S/c1-3-11-17(14-9-10-14)20(18,19)15-8-6-5-7-13(15)12-16-4-2/h5-8,14,16H,3-4,9-12H2,1-2H3. The highest BCUT2D eigenvalue weighted by atomic mass is 32.2. The van der Waals surface area contributed by atoms with Gasteiger partial charge in [-0.1, -0.05) is 32.0 Å². The Morgan fingerprint density at radius 3 is 2.55 bits per heavy atom. The molecule has 112 valence electrons. The fourth-order valence-corrected chi connectivity index (χ4v) is 4.37. The maximum absolute atomic E-state index is 12.9. The zero-order valence-corrected chi connectivity index (χ0v) is 13.1. The molecule has 1 aliphatic carbocycles. The van der Waals surface area contributed by atoms with E-state index in [2.05, 4.69) is 5.32 Å². The van der Waals surface area contributed by atoms with Crippen molar-refractivity contribution in [3.05, 3.63) is 29.8 Å². The molecule has 0 aliphatic heterocycles. The van der Waals surface area contributed by atoms with Gasteiger partial charge in [0.25, 0.3) is 0 Å². The molecule has 5 heteroatoms. The van der Waals surface area contributed by atoms with Gasteiger partial charge in [0.15, 0.2) is 0 Å². The van der Waals surface area contributed by atoms with E-state index < -0.39 is 10.0 Å². The molecule has 2 rings (SSSR count). The van der Waals surface area contributed by atoms with Gasteiger partial charge in [-0.3, -0.25) is 0 Å². The fourth-order valence-electron chi connectivity index (χ4n) is 2.37. The minimum atomic E-state index is -3.37. The van der Waals surface area contributed by atoms with E-state index in [0.29, 0.717) is 18.0 Å². The summed E-state index contributed by atoms with van der Waals surface area (Å²) in [6, 6.07) is 7.54. The average Bonchev–Trinajstić information content (AvgIpc) is 3.27. The summed E-state index contributed by atoms with van der Waals surface area (Å²) in [7, 11) is -3.37. The Balaban J connectivity index is 2.32. The number of hydrogen-bond acceptors (Lipinski definition) is 3. The third-order valence-corrected chi connectivity index (χ3v) is 5.58. The molecule has 1 aliphatic rings. The highest BCUT2D eigenvalue weighted by Gasteiger charge is 2.38. The average molecular weight is 296 g/mol. The zero-order valence-electron chi connectivity index (χ0n) is 12.3. The van der Waals surface area contributed by atoms with Crippen molar-refractivity contribution in [3.8, 4) is 0 Å². The van der Waals surface area contributed by atoms with Gasteiger partial charge in [0.1, 0.15) is 0 Å². The summed E-state index contributed by atoms with van der Waals surface area (Å²) in [4.78, 5) is 0.460. The Hall–Kier alpha value is -0.910. The van der Waals surface area contributed by atoms with Crippen LogP contribution in [0.2, 0.25) is 0 Å². The minimum Gasteiger partial charge on any atom is -0.313 e. The van der Waals surface area contributed by atoms with Crippen molar-refractivity contribution in [1.82, 2.24) is 9.62 Å². The van der Waals surface area contributed by atoms with Crippen LogP contribution in [-0.4, -0.2) is 31.9 Å². The van der Waals surface area contributed by atoms with E-state index in [0.717, 1.165) is 31.4 Å². The summed E-state index contributed by atoms with van der Waals surface area (Å²) in [6.07, 6.45) is 2.84. The molecule has 0 aromatic heterocycles. The van der Waals surface area contributed by atoms with Crippen molar-refractivity contribution in [3.63, 3.8) is 0 Å². The molecule has 4 nitrogen and oxygen atoms in total. The van der Waals surface area contributed by atoms with Gasteiger partial charge in [-0.25, -0.2) is 8.42 Å². The molecule has 0 amide bonds. The largest absolute Gasteiger partial charge is 0.313 e. The molecule has 20 heavy (non-hydrogen) atoms. The van der Waals surface area contributed by atoms with Crippen LogP contribution >= 0.6 is 0 Å². The van der Waals surface area contributed by atoms with E-state index in [-0.39, 0.29) is 6.04 Å². The van der Waals surface area contributed by atoms with Gasteiger partial charge in [0, 0.05) is 19.1 Å². The van der Waals surface area contributed by atoms with E-state index in [1.165, 1.54) is 0 Å². The lowest BCUT2D eigenvalue weighted by atomic mass is 10.2. The Labute approximate surface area is 122 Å². The maximum Gasteiger partial charge on any atom is 0.243 e. The molecular formula is C15H24N2O2S. The lowest BCUT2D eigenvalue weighted by Crippen LogP contribution is -2.34. The van der Waals surface area contributed by atoms with Crippen LogP contribution in [0.5, 0.6) is 0 Å². The van der Waals surface area contributed by atoms with E-state index in [4.69, 9.17) is 0 Å². The van der Waals surface area contributed by atoms with Gasteiger partial charge in [-0.2, -0.15) is 4.31 Å². The Morgan fingerprint density at radius 1 is 1.25 bits per heavy atom. The fraction of sp³-hybridized carbons (Fsp3) is 0.600. The van der Waals surface area contributed by atoms with Crippen LogP contribution in [0.1, 0.15) is 38.7 Å². The van der Waals surface area contributed by atoms with Crippen LogP contribution in [0.15, 0.2) is 29.2 Å². The molecule has 0 saturated heterocycles. The first-order valence-electron chi connectivity index (χ1n) is 7.41. The summed E-state index contributed by atoms with van der Waals surface area (Å²) in [5, 5.41) is 3.21. The van der Waals surface area contributed by atoms with Gasteiger partial charge >= 0.3 is 0 Å². The quantitative estimate of drug-likeness (QED) is 0.801. The van der Waals surface area contributed by atoms with Crippen molar-refractivity contribution >= 4 is 10.0 Å². The van der Waals surface area contributed by atoms with E-state index in [1.807, 2.05) is 26.0 Å². The van der Waals surface area contributed by atoms with Crippen LogP contribution < -0.4 is 5.32 Å². The number of nitrogens with one attached hydrogen (secondary N) is 1. The van der Waals surface area contributed by atoms with Crippen LogP contribution in [0.3, 0.4) is 0 Å². The van der Waals surface area contributed by atoms with E-state index in [1.54, 1.807) is 16.4 Å². The smallest absolute Gasteiger partial charge is 0.243 e. The predicted molar refractivity (Wildman–Crippen MR) is 81.0 cm³/mol. The normalized spacial score (nSPS) is 15.8. The predicted octanol–water partition coefficient (Wildman–Crippen LogP) is 2.36. The first-order valence-corrected chi connectivity index (χ1v) is 8.85. The second kappa shape index (κ2) is 6.70. The first-order chi connectivity index (χ1) is 9.61. The van der Waals surface area contributed by atoms with Gasteiger partial charge in [-0.15, -0.1) is 0 Å². The third kappa shape index (κ3) is 3.40. The van der Waals surface area contributed by atoms with Crippen molar-refractivity contribution in [1.29, 1.82) is 0 Å². The van der Waals surface area contributed by atoms with Gasteiger partial charge in [0.05, 0.1) is 4.90 Å². The lowest BCUT2D eigenvalue weighted by molar-refractivity contribution is 0.402. The molecule has 0 heterocycles. The molecule has 1 aromatic carbocycles. The van der Waals surface area contributed by atoms with Gasteiger partial charge in [-0.05, 0) is 37.4 Å². The van der Waals surface area contributed by atoms with Crippen LogP contribution in [-0.2, 0) is 16.6 Å². The highest BCUT2D eigenvalue weighted by molar-refractivity contribution is 7.89. The van der Waals surface area contributed by atoms with Crippen molar-refractivity contribution in [2.24, 2.45) is 0 Å². The maximum atomic E-state index is 12.9. The summed E-state index contributed by atoms with van der Waals surface area (Å²) in [6.45, 7) is 6.08. The number of sulfonamides is 1. The third-order valence-electron chi connectivity index (χ3n) is 3.52. The van der Waals surface area contributed by atoms with Crippen LogP contribution in [0, 0.1) is 0 Å². The molecule has 1 aromatic rings. The Bertz CT molecular complexity index is 539. The monoisotopic (exact) mass is 296 g/mol. The SMILES string of the molecule is CCCN(C1CC1)S(=O)(=O)c1ccccc1CNCC. The molecule has 1 N–H and O–H groups in total. The number of benzene rings is 1. The molecule has 0 spiro atoms. The molecule has 0 bridgehead atoms. The molecule has 0 unspecified atom stereocenters. The van der Waals surface area contributed by atoms with Gasteiger partial charge < -0.3 is 5.32 Å². The summed E-state index contributed by atoms with van der Waals surface area (Å²) >= 11 is 0. The highest BCUT2D eigenvalue weighted by Crippen LogP contribution is 2.33. The lowest BCUT2D eigenvalue weighted by Gasteiger charge is -2.23. The molecule has 0 radical (unpaired) electrons. The summed E-state index contributed by atoms with van der Waals surface area (Å²) < 4.78 is 27.5. The Kier molecular flexibility index (Phi) is 5.18. The second-order valence-electron chi connectivity index (χ2n) is 5.23. The molecule has 1 saturated carbocycles. The van der Waals surface area contributed by atoms with Crippen molar-refractivity contribution < 1.29 is 8.42 Å². The summed E-state index contributed by atoms with van der Waals surface area (Å²) in [5.74, 6) is 0. The minimum absolute atomic E-state index is 0.215. The van der Waals surface area contributed by atoms with Gasteiger partial charge in [0.2, 0.25) is 10.0 Å². The summed E-state index contributed by atoms with van der Waals surface area (Å²) in [5.41, 5.74) is 0.858.